The van der Waals surface area contributed by atoms with Gasteiger partial charge in [0.2, 0.25) is 11.8 Å². The number of carbonyl (C=O) groups is 1. The van der Waals surface area contributed by atoms with Gasteiger partial charge in [0.1, 0.15) is 11.6 Å². The van der Waals surface area contributed by atoms with Crippen molar-refractivity contribution in [3.63, 3.8) is 0 Å². The molecular weight excluding hydrogens is 660 g/mol. The summed E-state index contributed by atoms with van der Waals surface area (Å²) in [7, 11) is 0. The zero-order valence-electron chi connectivity index (χ0n) is 27.5. The highest BCUT2D eigenvalue weighted by atomic mass is 16.5. The molecule has 0 aliphatic carbocycles. The number of aliphatic hydroxyl groups excluding tert-OH is 1. The van der Waals surface area contributed by atoms with Crippen LogP contribution in [0.3, 0.4) is 0 Å². The molecule has 52 heavy (non-hydrogen) atoms. The first-order valence-corrected chi connectivity index (χ1v) is 16.1. The molecule has 4 aromatic carbocycles. The molecule has 7 aromatic rings. The van der Waals surface area contributed by atoms with Crippen LogP contribution in [0.4, 0.5) is 33.6 Å². The Balaban J connectivity index is 1.14. The molecule has 7 rings (SSSR count). The molecule has 2 amide bonds. The highest BCUT2D eigenvalue weighted by Gasteiger charge is 2.17. The third kappa shape index (κ3) is 7.17. The van der Waals surface area contributed by atoms with Crippen LogP contribution in [0.25, 0.3) is 27.7 Å². The van der Waals surface area contributed by atoms with Gasteiger partial charge in [0.15, 0.2) is 0 Å². The lowest BCUT2D eigenvalue weighted by Gasteiger charge is -2.14. The van der Waals surface area contributed by atoms with Crippen molar-refractivity contribution in [3.05, 3.63) is 138 Å². The van der Waals surface area contributed by atoms with E-state index >= 15 is 0 Å². The van der Waals surface area contributed by atoms with Crippen molar-refractivity contribution in [1.82, 2.24) is 24.3 Å². The van der Waals surface area contributed by atoms with E-state index < -0.39 is 6.03 Å². The Bertz CT molecular complexity index is 2480. The summed E-state index contributed by atoms with van der Waals surface area (Å²) in [5.74, 6) is 1.44. The van der Waals surface area contributed by atoms with Crippen molar-refractivity contribution in [2.24, 2.45) is 0 Å². The Hall–Kier alpha value is -7.32. The largest absolute Gasteiger partial charge is 0.438 e. The van der Waals surface area contributed by atoms with Gasteiger partial charge < -0.3 is 36.2 Å². The Kier molecular flexibility index (Phi) is 9.35. The molecule has 0 unspecified atom stereocenters. The number of amides is 2. The lowest BCUT2D eigenvalue weighted by atomic mass is 10.1. The lowest BCUT2D eigenvalue weighted by Crippen LogP contribution is -2.23. The van der Waals surface area contributed by atoms with Gasteiger partial charge in [0, 0.05) is 76.6 Å². The molecule has 0 fully saturated rings. The number of aromatic nitrogens is 5. The minimum Gasteiger partial charge on any atom is -0.438 e. The molecule has 0 atom stereocenters. The summed E-state index contributed by atoms with van der Waals surface area (Å²) < 4.78 is 9.13. The van der Waals surface area contributed by atoms with Gasteiger partial charge in [-0.2, -0.15) is 10.1 Å². The predicted molar refractivity (Wildman–Crippen MR) is 201 cm³/mol. The Labute approximate surface area is 296 Å². The maximum absolute atomic E-state index is 13.6. The van der Waals surface area contributed by atoms with E-state index in [0.717, 1.165) is 16.3 Å². The van der Waals surface area contributed by atoms with Crippen molar-refractivity contribution in [1.29, 1.82) is 5.41 Å². The van der Waals surface area contributed by atoms with Crippen LogP contribution in [0, 0.1) is 5.41 Å². The molecule has 0 saturated heterocycles. The molecule has 3 heterocycles. The Morgan fingerprint density at radius 2 is 1.73 bits per heavy atom. The number of nitrogens with one attached hydrogen (secondary N) is 4. The van der Waals surface area contributed by atoms with E-state index in [9.17, 15) is 14.7 Å². The molecule has 0 bridgehead atoms. The zero-order valence-corrected chi connectivity index (χ0v) is 27.5. The average Bonchev–Trinajstić information content (AvgIpc) is 3.58. The number of carbonyl (C=O) groups excluding carboxylic acids is 1. The zero-order chi connectivity index (χ0) is 36.0. The number of nitrogens with two attached hydrogens (primary N) is 1. The Morgan fingerprint density at radius 3 is 2.54 bits per heavy atom. The first kappa shape index (κ1) is 33.2. The summed E-state index contributed by atoms with van der Waals surface area (Å²) in [4.78, 5) is 34.7. The average molecular weight is 693 g/mol. The van der Waals surface area contributed by atoms with E-state index in [0.29, 0.717) is 51.5 Å². The van der Waals surface area contributed by atoms with Gasteiger partial charge in [-0.1, -0.05) is 54.6 Å². The molecule has 0 radical (unpaired) electrons. The van der Waals surface area contributed by atoms with Crippen LogP contribution in [0.15, 0.2) is 126 Å². The van der Waals surface area contributed by atoms with Gasteiger partial charge in [-0.05, 0) is 36.4 Å². The minimum atomic E-state index is -0.524. The molecule has 258 valence electrons. The number of ether oxygens (including phenoxy) is 1. The molecule has 0 saturated carbocycles. The number of hydrogen-bond donors (Lipinski definition) is 6. The topological polar surface area (TPSA) is 198 Å². The second-order valence-electron chi connectivity index (χ2n) is 11.5. The maximum atomic E-state index is 13.6. The summed E-state index contributed by atoms with van der Waals surface area (Å²) >= 11 is 0. The van der Waals surface area contributed by atoms with E-state index in [1.807, 2.05) is 54.6 Å². The molecule has 14 nitrogen and oxygen atoms in total. The van der Waals surface area contributed by atoms with Gasteiger partial charge in [-0.25, -0.2) is 14.5 Å². The minimum absolute atomic E-state index is 0.113. The predicted octanol–water partition coefficient (Wildman–Crippen LogP) is 6.40. The van der Waals surface area contributed by atoms with E-state index in [-0.39, 0.29) is 24.6 Å². The fourth-order valence-electron chi connectivity index (χ4n) is 5.56. The van der Waals surface area contributed by atoms with E-state index in [1.165, 1.54) is 21.5 Å². The van der Waals surface area contributed by atoms with Crippen molar-refractivity contribution in [3.8, 4) is 28.6 Å². The lowest BCUT2D eigenvalue weighted by molar-refractivity contribution is 0.262. The fourth-order valence-corrected chi connectivity index (χ4v) is 5.56. The van der Waals surface area contributed by atoms with E-state index in [2.05, 4.69) is 25.9 Å². The number of nitrogen functional groups attached to an aromatic ring is 1. The van der Waals surface area contributed by atoms with Crippen LogP contribution in [0.2, 0.25) is 0 Å². The second-order valence-corrected chi connectivity index (χ2v) is 11.5. The SMILES string of the molecule is N=Cc1cc(Nc2nccc(Oc3ccc(NC(=O)Nc4cc(-c5ccccc5)nn4-c4ccc(=O)n(CCO)c4)c4ccccc34)n2)ccc1N. The number of benzene rings is 4. The normalized spacial score (nSPS) is 10.9. The van der Waals surface area contributed by atoms with Crippen molar-refractivity contribution in [2.75, 3.05) is 28.3 Å². The monoisotopic (exact) mass is 692 g/mol. The molecule has 0 aliphatic rings. The van der Waals surface area contributed by atoms with Crippen LogP contribution < -0.4 is 32.0 Å². The van der Waals surface area contributed by atoms with Gasteiger partial charge in [0.25, 0.3) is 5.56 Å². The standard InChI is InChI=1S/C38H32N10O4/c39-22-25-20-26(10-12-30(25)40)42-37-41-17-16-35(45-37)52-33-14-13-31(28-8-4-5-9-29(28)33)43-38(51)44-34-21-32(24-6-2-1-3-7-24)46-48(34)27-11-15-36(50)47(23-27)18-19-49/h1-17,20-23,39,49H,18-19,40H2,(H,41,42,45)(H2,43,44,51). The quantitative estimate of drug-likeness (QED) is 0.0656. The molecule has 0 aliphatic heterocycles. The van der Waals surface area contributed by atoms with Crippen LogP contribution in [-0.4, -0.2) is 48.3 Å². The maximum Gasteiger partial charge on any atom is 0.324 e. The van der Waals surface area contributed by atoms with Gasteiger partial charge in [-0.3, -0.25) is 10.1 Å². The number of rotatable bonds is 11. The van der Waals surface area contributed by atoms with E-state index in [1.54, 1.807) is 60.9 Å². The highest BCUT2D eigenvalue weighted by Crippen LogP contribution is 2.34. The summed E-state index contributed by atoms with van der Waals surface area (Å²) in [5, 5.41) is 32.1. The first-order valence-electron chi connectivity index (χ1n) is 16.1. The summed E-state index contributed by atoms with van der Waals surface area (Å²) in [6, 6.07) is 31.5. The number of aliphatic hydroxyl groups is 1. The fraction of sp³-hybridized carbons (Fsp3) is 0.0526. The van der Waals surface area contributed by atoms with Crippen molar-refractivity contribution >= 4 is 51.8 Å². The van der Waals surface area contributed by atoms with Gasteiger partial charge >= 0.3 is 6.03 Å². The van der Waals surface area contributed by atoms with Crippen LogP contribution in [-0.2, 0) is 6.54 Å². The van der Waals surface area contributed by atoms with Crippen LogP contribution in [0.5, 0.6) is 11.6 Å². The molecule has 0 spiro atoms. The summed E-state index contributed by atoms with van der Waals surface area (Å²) in [6.07, 6.45) is 4.32. The first-order chi connectivity index (χ1) is 25.4. The molecule has 3 aromatic heterocycles. The third-order valence-electron chi connectivity index (χ3n) is 8.05. The summed E-state index contributed by atoms with van der Waals surface area (Å²) in [6.45, 7) is -0.0973. The number of urea groups is 1. The van der Waals surface area contributed by atoms with Crippen LogP contribution in [0.1, 0.15) is 5.56 Å². The molecule has 7 N–H and O–H groups in total. The number of nitrogens with zero attached hydrogens (tertiary/aromatic N) is 5. The number of hydrogen-bond acceptors (Lipinski definition) is 10. The third-order valence-corrected chi connectivity index (χ3v) is 8.05. The molecular formula is C38H32N10O4. The second kappa shape index (κ2) is 14.7. The Morgan fingerprint density at radius 1 is 0.923 bits per heavy atom. The number of pyridine rings is 1. The summed E-state index contributed by atoms with van der Waals surface area (Å²) in [5.41, 5.74) is 9.85. The van der Waals surface area contributed by atoms with Crippen LogP contribution >= 0.6 is 0 Å². The number of anilines is 5. The molecule has 14 heteroatoms. The smallest absolute Gasteiger partial charge is 0.324 e. The van der Waals surface area contributed by atoms with Gasteiger partial charge in [0.05, 0.1) is 23.7 Å². The van der Waals surface area contributed by atoms with Gasteiger partial charge in [-0.15, -0.1) is 0 Å². The number of fused-ring (bicyclic) bond motifs is 1. The van der Waals surface area contributed by atoms with E-state index in [4.69, 9.17) is 21.0 Å². The van der Waals surface area contributed by atoms with Crippen molar-refractivity contribution < 1.29 is 14.6 Å². The van der Waals surface area contributed by atoms with Crippen molar-refractivity contribution in [2.45, 2.75) is 6.54 Å². The highest BCUT2D eigenvalue weighted by molar-refractivity contribution is 6.07.